The van der Waals surface area contributed by atoms with E-state index < -0.39 is 27.7 Å². The molecule has 0 bridgehead atoms. The van der Waals surface area contributed by atoms with Crippen LogP contribution in [-0.4, -0.2) is 32.2 Å². The third-order valence-corrected chi connectivity index (χ3v) is 5.73. The smallest absolute Gasteiger partial charge is 0.376 e. The highest BCUT2D eigenvalue weighted by molar-refractivity contribution is 7.89. The molecule has 1 unspecified atom stereocenters. The minimum absolute atomic E-state index is 0.0309. The Kier molecular flexibility index (Phi) is 6.71. The number of hydrogen-bond donors (Lipinski definition) is 3. The molecule has 0 radical (unpaired) electrons. The molecule has 0 saturated carbocycles. The van der Waals surface area contributed by atoms with E-state index in [1.54, 1.807) is 13.0 Å². The van der Waals surface area contributed by atoms with Crippen LogP contribution in [0.2, 0.25) is 0 Å². The zero-order valence-electron chi connectivity index (χ0n) is 15.7. The van der Waals surface area contributed by atoms with Crippen LogP contribution in [0.3, 0.4) is 0 Å². The van der Waals surface area contributed by atoms with E-state index in [9.17, 15) is 31.5 Å². The van der Waals surface area contributed by atoms with Crippen LogP contribution in [0, 0.1) is 0 Å². The first-order valence-corrected chi connectivity index (χ1v) is 10.1. The summed E-state index contributed by atoms with van der Waals surface area (Å²) < 4.78 is 65.0. The summed E-state index contributed by atoms with van der Waals surface area (Å²) in [4.78, 5) is 12.2. The molecule has 1 atom stereocenters. The molecule has 6 nitrogen and oxygen atoms in total. The van der Waals surface area contributed by atoms with Crippen LogP contribution in [0.5, 0.6) is 0 Å². The number of alkyl halides is 3. The molecule has 0 aromatic heterocycles. The highest BCUT2D eigenvalue weighted by atomic mass is 32.2. The highest BCUT2D eigenvalue weighted by Crippen LogP contribution is 2.38. The number of carbonyl (C=O) groups is 1. The van der Waals surface area contributed by atoms with Gasteiger partial charge in [0.25, 0.3) is 0 Å². The van der Waals surface area contributed by atoms with Gasteiger partial charge in [0.2, 0.25) is 15.9 Å². The first kappa shape index (κ1) is 22.9. The van der Waals surface area contributed by atoms with Crippen molar-refractivity contribution in [2.45, 2.75) is 36.9 Å². The van der Waals surface area contributed by atoms with Gasteiger partial charge in [-0.25, -0.2) is 13.1 Å². The number of hydrogen-bond acceptors (Lipinski definition) is 4. The monoisotopic (exact) mass is 430 g/mol. The number of halogens is 3. The lowest BCUT2D eigenvalue weighted by atomic mass is 9.95. The molecule has 2 rings (SSSR count). The van der Waals surface area contributed by atoms with Crippen molar-refractivity contribution >= 4 is 21.6 Å². The zero-order chi connectivity index (χ0) is 21.9. The lowest BCUT2D eigenvalue weighted by molar-refractivity contribution is -0.258. The fourth-order valence-corrected chi connectivity index (χ4v) is 3.64. The maximum Gasteiger partial charge on any atom is 0.421 e. The van der Waals surface area contributed by atoms with E-state index in [0.29, 0.717) is 12.5 Å². The number of rotatable bonds is 7. The second-order valence-electron chi connectivity index (χ2n) is 6.52. The van der Waals surface area contributed by atoms with Crippen molar-refractivity contribution in [1.82, 2.24) is 4.72 Å². The van der Waals surface area contributed by atoms with Crippen LogP contribution in [0.15, 0.2) is 53.4 Å². The van der Waals surface area contributed by atoms with Crippen LogP contribution in [-0.2, 0) is 26.8 Å². The van der Waals surface area contributed by atoms with E-state index in [0.717, 1.165) is 12.1 Å². The summed E-state index contributed by atoms with van der Waals surface area (Å²) in [5.41, 5.74) is -2.66. The summed E-state index contributed by atoms with van der Waals surface area (Å²) >= 11 is 0. The minimum atomic E-state index is -4.84. The molecular weight excluding hydrogens is 409 g/mol. The lowest BCUT2D eigenvalue weighted by Crippen LogP contribution is -2.39. The Bertz CT molecular complexity index is 972. The van der Waals surface area contributed by atoms with Gasteiger partial charge < -0.3 is 10.4 Å². The van der Waals surface area contributed by atoms with Gasteiger partial charge in [-0.15, -0.1) is 0 Å². The summed E-state index contributed by atoms with van der Waals surface area (Å²) in [6.07, 6.45) is -4.97. The van der Waals surface area contributed by atoms with Crippen LogP contribution >= 0.6 is 0 Å². The van der Waals surface area contributed by atoms with E-state index in [1.165, 1.54) is 30.3 Å². The van der Waals surface area contributed by atoms with Crippen molar-refractivity contribution < 1.29 is 31.5 Å². The Balaban J connectivity index is 2.09. The Morgan fingerprint density at radius 1 is 1.10 bits per heavy atom. The normalized spacial score (nSPS) is 14.3. The number of aliphatic hydroxyl groups is 1. The fraction of sp³-hybridized carbons (Fsp3) is 0.316. The molecule has 0 saturated heterocycles. The molecule has 2 aromatic rings. The van der Waals surface area contributed by atoms with Gasteiger partial charge in [0.15, 0.2) is 5.60 Å². The molecule has 0 heterocycles. The van der Waals surface area contributed by atoms with Gasteiger partial charge in [-0.3, -0.25) is 4.79 Å². The van der Waals surface area contributed by atoms with Gasteiger partial charge in [0.1, 0.15) is 0 Å². The van der Waals surface area contributed by atoms with Crippen LogP contribution in [0.25, 0.3) is 0 Å². The number of carbonyl (C=O) groups excluding carboxylic acids is 1. The lowest BCUT2D eigenvalue weighted by Gasteiger charge is -2.26. The van der Waals surface area contributed by atoms with E-state index in [1.807, 2.05) is 0 Å². The molecule has 0 aliphatic rings. The summed E-state index contributed by atoms with van der Waals surface area (Å²) in [7, 11) is -3.66. The number of nitrogens with one attached hydrogen (secondary N) is 2. The second-order valence-corrected chi connectivity index (χ2v) is 8.29. The average molecular weight is 430 g/mol. The minimum Gasteiger partial charge on any atom is -0.376 e. The van der Waals surface area contributed by atoms with Crippen LogP contribution in [0.1, 0.15) is 25.0 Å². The zero-order valence-corrected chi connectivity index (χ0v) is 16.6. The predicted molar refractivity (Wildman–Crippen MR) is 102 cm³/mol. The van der Waals surface area contributed by atoms with Gasteiger partial charge in [-0.2, -0.15) is 13.2 Å². The third kappa shape index (κ3) is 5.55. The Morgan fingerprint density at radius 3 is 2.28 bits per heavy atom. The SMILES string of the molecule is CCNS(=O)(=O)c1cccc(CC(=O)Nc2ccc(C(C)(O)C(F)(F)F)cc2)c1. The molecule has 29 heavy (non-hydrogen) atoms. The van der Waals surface area contributed by atoms with Crippen LogP contribution < -0.4 is 10.0 Å². The quantitative estimate of drug-likeness (QED) is 0.630. The average Bonchev–Trinajstić information content (AvgIpc) is 2.61. The van der Waals surface area contributed by atoms with E-state index in [-0.39, 0.29) is 29.1 Å². The molecule has 0 spiro atoms. The summed E-state index contributed by atoms with van der Waals surface area (Å²) in [5.74, 6) is -0.474. The van der Waals surface area contributed by atoms with Gasteiger partial charge in [-0.05, 0) is 42.3 Å². The Labute approximate surface area is 166 Å². The van der Waals surface area contributed by atoms with Crippen molar-refractivity contribution in [2.24, 2.45) is 0 Å². The summed E-state index contributed by atoms with van der Waals surface area (Å²) in [6, 6.07) is 10.5. The molecule has 1 amide bonds. The Hall–Kier alpha value is -2.43. The topological polar surface area (TPSA) is 95.5 Å². The van der Waals surface area contributed by atoms with Crippen molar-refractivity contribution in [2.75, 3.05) is 11.9 Å². The number of sulfonamides is 1. The highest BCUT2D eigenvalue weighted by Gasteiger charge is 2.51. The van der Waals surface area contributed by atoms with Crippen LogP contribution in [0.4, 0.5) is 18.9 Å². The summed E-state index contributed by atoms with van der Waals surface area (Å²) in [6.45, 7) is 2.52. The van der Waals surface area contributed by atoms with E-state index in [4.69, 9.17) is 0 Å². The molecular formula is C19H21F3N2O4S. The standard InChI is InChI=1S/C19H21F3N2O4S/c1-3-23-29(27,28)16-6-4-5-13(11-16)12-17(25)24-15-9-7-14(8-10-15)18(2,26)19(20,21)22/h4-11,23,26H,3,12H2,1-2H3,(H,24,25). The van der Waals surface area contributed by atoms with E-state index >= 15 is 0 Å². The maximum atomic E-state index is 12.9. The first-order chi connectivity index (χ1) is 13.4. The molecule has 3 N–H and O–H groups in total. The van der Waals surface area contributed by atoms with Crippen molar-refractivity contribution in [3.63, 3.8) is 0 Å². The number of benzene rings is 2. The predicted octanol–water partition coefficient (Wildman–Crippen LogP) is 2.94. The Morgan fingerprint density at radius 2 is 1.72 bits per heavy atom. The van der Waals surface area contributed by atoms with Crippen molar-refractivity contribution in [3.05, 3.63) is 59.7 Å². The molecule has 0 aliphatic heterocycles. The number of amides is 1. The van der Waals surface area contributed by atoms with E-state index in [2.05, 4.69) is 10.0 Å². The molecule has 0 fully saturated rings. The summed E-state index contributed by atoms with van der Waals surface area (Å²) in [5, 5.41) is 12.2. The molecule has 158 valence electrons. The second kappa shape index (κ2) is 8.52. The largest absolute Gasteiger partial charge is 0.421 e. The van der Waals surface area contributed by atoms with Gasteiger partial charge in [0, 0.05) is 12.2 Å². The fourth-order valence-electron chi connectivity index (χ4n) is 2.53. The van der Waals surface area contributed by atoms with Crippen molar-refractivity contribution in [3.8, 4) is 0 Å². The molecule has 10 heteroatoms. The van der Waals surface area contributed by atoms with Gasteiger partial charge in [0.05, 0.1) is 11.3 Å². The van der Waals surface area contributed by atoms with Gasteiger partial charge in [-0.1, -0.05) is 31.2 Å². The van der Waals surface area contributed by atoms with Gasteiger partial charge >= 0.3 is 6.18 Å². The third-order valence-electron chi connectivity index (χ3n) is 4.19. The van der Waals surface area contributed by atoms with Crippen molar-refractivity contribution in [1.29, 1.82) is 0 Å². The maximum absolute atomic E-state index is 12.9. The molecule has 0 aliphatic carbocycles. The number of anilines is 1. The first-order valence-electron chi connectivity index (χ1n) is 8.65. The molecule has 2 aromatic carbocycles.